The summed E-state index contributed by atoms with van der Waals surface area (Å²) in [7, 11) is 1.68. The van der Waals surface area contributed by atoms with E-state index in [1.54, 1.807) is 18.2 Å². The largest absolute Gasteiger partial charge is 0.444 e. The number of hydrogen-bond donors (Lipinski definition) is 0. The van der Waals surface area contributed by atoms with Crippen LogP contribution in [-0.2, 0) is 16.0 Å². The minimum Gasteiger partial charge on any atom is -0.444 e. The molecule has 0 unspecified atom stereocenters. The van der Waals surface area contributed by atoms with Gasteiger partial charge in [-0.2, -0.15) is 0 Å². The zero-order valence-electron chi connectivity index (χ0n) is 15.2. The number of hydrogen-bond acceptors (Lipinski definition) is 5. The average Bonchev–Trinajstić information content (AvgIpc) is 2.76. The van der Waals surface area contributed by atoms with Crippen LogP contribution in [0.3, 0.4) is 0 Å². The summed E-state index contributed by atoms with van der Waals surface area (Å²) in [5, 5.41) is 0. The lowest BCUT2D eigenvalue weighted by atomic mass is 9.94. The molecule has 2 aromatic rings. The quantitative estimate of drug-likeness (QED) is 0.776. The van der Waals surface area contributed by atoms with Crippen molar-refractivity contribution < 1.29 is 14.3 Å². The maximum atomic E-state index is 12.2. The zero-order chi connectivity index (χ0) is 18.4. The second-order valence-electron chi connectivity index (χ2n) is 7.46. The van der Waals surface area contributed by atoms with E-state index in [1.807, 2.05) is 33.8 Å². The molecule has 7 nitrogen and oxygen atoms in total. The molecule has 0 aromatic carbocycles. The van der Waals surface area contributed by atoms with Crippen LogP contribution < -0.4 is 0 Å². The standard InChI is InChI=1S/C17H23BrN4O3/c1-11-20-14-13(6-12(18)7-19-14)22(11)10-17(24-5)8-21(9-17)15(23)25-16(2,3)4/h6-7H,8-10H2,1-5H3. The van der Waals surface area contributed by atoms with E-state index in [0.29, 0.717) is 25.3 Å². The van der Waals surface area contributed by atoms with Gasteiger partial charge in [-0.3, -0.25) is 0 Å². The van der Waals surface area contributed by atoms with Crippen LogP contribution in [0.5, 0.6) is 0 Å². The van der Waals surface area contributed by atoms with E-state index in [-0.39, 0.29) is 6.09 Å². The van der Waals surface area contributed by atoms with Crippen LogP contribution in [0.1, 0.15) is 26.6 Å². The first-order valence-corrected chi connectivity index (χ1v) is 8.93. The van der Waals surface area contributed by atoms with E-state index in [4.69, 9.17) is 9.47 Å². The Morgan fingerprint density at radius 3 is 2.68 bits per heavy atom. The van der Waals surface area contributed by atoms with Crippen molar-refractivity contribution in [3.8, 4) is 0 Å². The van der Waals surface area contributed by atoms with E-state index in [9.17, 15) is 4.79 Å². The Bertz CT molecular complexity index is 806. The second kappa shape index (κ2) is 6.25. The third-order valence-corrected chi connectivity index (χ3v) is 4.69. The zero-order valence-corrected chi connectivity index (χ0v) is 16.8. The molecule has 3 heterocycles. The lowest BCUT2D eigenvalue weighted by Gasteiger charge is -2.49. The first-order chi connectivity index (χ1) is 11.6. The molecule has 3 rings (SSSR count). The number of ether oxygens (including phenoxy) is 2. The number of nitrogens with zero attached hydrogens (tertiary/aromatic N) is 4. The molecule has 25 heavy (non-hydrogen) atoms. The van der Waals surface area contributed by atoms with Gasteiger partial charge in [0.2, 0.25) is 0 Å². The first kappa shape index (κ1) is 18.1. The van der Waals surface area contributed by atoms with Gasteiger partial charge in [0.05, 0.1) is 25.2 Å². The number of carbonyl (C=O) groups excluding carboxylic acids is 1. The molecule has 1 saturated heterocycles. The third kappa shape index (κ3) is 3.64. The number of fused-ring (bicyclic) bond motifs is 1. The summed E-state index contributed by atoms with van der Waals surface area (Å²) in [6, 6.07) is 2.00. The molecule has 1 amide bonds. The van der Waals surface area contributed by atoms with Gasteiger partial charge in [-0.25, -0.2) is 14.8 Å². The second-order valence-corrected chi connectivity index (χ2v) is 8.38. The van der Waals surface area contributed by atoms with Gasteiger partial charge < -0.3 is 18.9 Å². The third-order valence-electron chi connectivity index (χ3n) is 4.25. The van der Waals surface area contributed by atoms with Crippen molar-refractivity contribution in [2.24, 2.45) is 0 Å². The molecule has 1 aliphatic heterocycles. The first-order valence-electron chi connectivity index (χ1n) is 8.14. The molecular weight excluding hydrogens is 388 g/mol. The van der Waals surface area contributed by atoms with E-state index < -0.39 is 11.2 Å². The van der Waals surface area contributed by atoms with E-state index in [1.165, 1.54) is 0 Å². The monoisotopic (exact) mass is 410 g/mol. The van der Waals surface area contributed by atoms with Crippen LogP contribution in [0.4, 0.5) is 4.79 Å². The maximum absolute atomic E-state index is 12.2. The predicted molar refractivity (Wildman–Crippen MR) is 97.5 cm³/mol. The number of aryl methyl sites for hydroxylation is 1. The minimum absolute atomic E-state index is 0.309. The molecule has 0 bridgehead atoms. The maximum Gasteiger partial charge on any atom is 0.410 e. The van der Waals surface area contributed by atoms with Crippen LogP contribution in [-0.4, -0.2) is 56.9 Å². The Morgan fingerprint density at radius 1 is 1.40 bits per heavy atom. The van der Waals surface area contributed by atoms with Crippen LogP contribution in [0.2, 0.25) is 0 Å². The van der Waals surface area contributed by atoms with Crippen LogP contribution in [0, 0.1) is 6.92 Å². The molecule has 0 radical (unpaired) electrons. The number of pyridine rings is 1. The summed E-state index contributed by atoms with van der Waals surface area (Å²) in [4.78, 5) is 22.7. The highest BCUT2D eigenvalue weighted by Gasteiger charge is 2.47. The Labute approximate surface area is 155 Å². The number of carbonyl (C=O) groups is 1. The molecule has 1 aliphatic rings. The highest BCUT2D eigenvalue weighted by Crippen LogP contribution is 2.30. The summed E-state index contributed by atoms with van der Waals surface area (Å²) >= 11 is 3.46. The normalized spacial score (nSPS) is 16.8. The molecule has 0 aliphatic carbocycles. The Kier molecular flexibility index (Phi) is 4.53. The number of aromatic nitrogens is 3. The highest BCUT2D eigenvalue weighted by molar-refractivity contribution is 9.10. The van der Waals surface area contributed by atoms with Gasteiger partial charge in [0.25, 0.3) is 0 Å². The molecule has 0 N–H and O–H groups in total. The summed E-state index contributed by atoms with van der Waals surface area (Å²) in [5.74, 6) is 0.868. The fraction of sp³-hybridized carbons (Fsp3) is 0.588. The van der Waals surface area contributed by atoms with Crippen molar-refractivity contribution in [3.63, 3.8) is 0 Å². The topological polar surface area (TPSA) is 69.5 Å². The summed E-state index contributed by atoms with van der Waals surface area (Å²) in [6.07, 6.45) is 1.43. The van der Waals surface area contributed by atoms with Crippen molar-refractivity contribution in [2.45, 2.75) is 45.4 Å². The Balaban J connectivity index is 1.78. The Hall–Kier alpha value is -1.67. The van der Waals surface area contributed by atoms with E-state index >= 15 is 0 Å². The van der Waals surface area contributed by atoms with Gasteiger partial charge in [0, 0.05) is 17.8 Å². The molecule has 1 fully saturated rings. The average molecular weight is 411 g/mol. The Morgan fingerprint density at radius 2 is 2.08 bits per heavy atom. The van der Waals surface area contributed by atoms with Gasteiger partial charge in [-0.15, -0.1) is 0 Å². The number of methoxy groups -OCH3 is 1. The van der Waals surface area contributed by atoms with Crippen molar-refractivity contribution in [2.75, 3.05) is 20.2 Å². The van der Waals surface area contributed by atoms with Crippen LogP contribution >= 0.6 is 15.9 Å². The minimum atomic E-state index is -0.502. The molecule has 136 valence electrons. The van der Waals surface area contributed by atoms with Crippen molar-refractivity contribution >= 4 is 33.2 Å². The fourth-order valence-electron chi connectivity index (χ4n) is 2.98. The molecule has 2 aromatic heterocycles. The highest BCUT2D eigenvalue weighted by atomic mass is 79.9. The number of rotatable bonds is 3. The van der Waals surface area contributed by atoms with Crippen molar-refractivity contribution in [1.29, 1.82) is 0 Å². The van der Waals surface area contributed by atoms with E-state index in [0.717, 1.165) is 15.8 Å². The fourth-order valence-corrected chi connectivity index (χ4v) is 3.30. The van der Waals surface area contributed by atoms with E-state index in [2.05, 4.69) is 30.5 Å². The molecule has 0 spiro atoms. The number of likely N-dealkylation sites (tertiary alicyclic amines) is 1. The molecular formula is C17H23BrN4O3. The van der Waals surface area contributed by atoms with Gasteiger partial charge in [0.15, 0.2) is 5.65 Å². The molecule has 0 atom stereocenters. The van der Waals surface area contributed by atoms with Crippen molar-refractivity contribution in [3.05, 3.63) is 22.6 Å². The number of amides is 1. The van der Waals surface area contributed by atoms with Gasteiger partial charge in [-0.05, 0) is 49.7 Å². The predicted octanol–water partition coefficient (Wildman–Crippen LogP) is 3.14. The number of imidazole rings is 1. The summed E-state index contributed by atoms with van der Waals surface area (Å²) in [6.45, 7) is 9.10. The SMILES string of the molecule is COC1(Cn2c(C)nc3ncc(Br)cc32)CN(C(=O)OC(C)(C)C)C1. The lowest BCUT2D eigenvalue weighted by Crippen LogP contribution is -2.66. The molecule has 0 saturated carbocycles. The lowest BCUT2D eigenvalue weighted by molar-refractivity contribution is -0.129. The van der Waals surface area contributed by atoms with Gasteiger partial charge >= 0.3 is 6.09 Å². The molecule has 8 heteroatoms. The summed E-state index contributed by atoms with van der Waals surface area (Å²) < 4.78 is 14.2. The van der Waals surface area contributed by atoms with Crippen LogP contribution in [0.15, 0.2) is 16.7 Å². The number of halogens is 1. The van der Waals surface area contributed by atoms with Crippen LogP contribution in [0.25, 0.3) is 11.2 Å². The van der Waals surface area contributed by atoms with Gasteiger partial charge in [0.1, 0.15) is 17.0 Å². The summed E-state index contributed by atoms with van der Waals surface area (Å²) in [5.41, 5.74) is 0.698. The van der Waals surface area contributed by atoms with Crippen molar-refractivity contribution in [1.82, 2.24) is 19.4 Å². The van der Waals surface area contributed by atoms with Gasteiger partial charge in [-0.1, -0.05) is 0 Å². The smallest absolute Gasteiger partial charge is 0.410 e.